The number of hydrogen-bond acceptors (Lipinski definition) is 2. The van der Waals surface area contributed by atoms with Crippen LogP contribution in [-0.2, 0) is 0 Å². The van der Waals surface area contributed by atoms with Crippen LogP contribution in [0.2, 0.25) is 0 Å². The fourth-order valence-electron chi connectivity index (χ4n) is 0.531. The number of rotatable bonds is 1. The molecular formula is C6H3BrFNO2. The second kappa shape index (κ2) is 2.96. The minimum absolute atomic E-state index is 0.155. The van der Waals surface area contributed by atoms with Crippen molar-refractivity contribution in [3.63, 3.8) is 0 Å². The summed E-state index contributed by atoms with van der Waals surface area (Å²) < 4.78 is 12.7. The monoisotopic (exact) mass is 219 g/mol. The molecule has 0 fully saturated rings. The van der Waals surface area contributed by atoms with E-state index in [1.807, 2.05) is 0 Å². The van der Waals surface area contributed by atoms with Crippen molar-refractivity contribution in [1.29, 1.82) is 0 Å². The highest BCUT2D eigenvalue weighted by molar-refractivity contribution is 9.10. The average Bonchev–Trinajstić information content (AvgIpc) is 1.94. The lowest BCUT2D eigenvalue weighted by Crippen LogP contribution is -2.00. The number of carbonyl (C=O) groups is 1. The average molecular weight is 220 g/mol. The fourth-order valence-corrected chi connectivity index (χ4v) is 0.748. The Morgan fingerprint density at radius 3 is 2.82 bits per heavy atom. The number of aromatic nitrogens is 1. The van der Waals surface area contributed by atoms with Gasteiger partial charge in [0, 0.05) is 12.3 Å². The summed E-state index contributed by atoms with van der Waals surface area (Å²) in [5, 5.41) is 8.36. The lowest BCUT2D eigenvalue weighted by Gasteiger charge is -1.94. The minimum atomic E-state index is -1.24. The molecule has 1 rings (SSSR count). The molecule has 5 heteroatoms. The highest BCUT2D eigenvalue weighted by atomic mass is 79.9. The molecule has 1 heterocycles. The van der Waals surface area contributed by atoms with Gasteiger partial charge in [-0.25, -0.2) is 14.2 Å². The zero-order valence-electron chi connectivity index (χ0n) is 5.21. The summed E-state index contributed by atoms with van der Waals surface area (Å²) in [5.74, 6) is -1.87. The zero-order chi connectivity index (χ0) is 8.43. The van der Waals surface area contributed by atoms with E-state index in [4.69, 9.17) is 5.11 Å². The topological polar surface area (TPSA) is 50.2 Å². The van der Waals surface area contributed by atoms with Gasteiger partial charge >= 0.3 is 5.97 Å². The number of aromatic carboxylic acids is 1. The summed E-state index contributed by atoms with van der Waals surface area (Å²) in [6.45, 7) is 0. The predicted molar refractivity (Wildman–Crippen MR) is 38.9 cm³/mol. The van der Waals surface area contributed by atoms with Crippen LogP contribution >= 0.6 is 15.9 Å². The number of pyridine rings is 1. The summed E-state index contributed by atoms with van der Waals surface area (Å²) in [6, 6.07) is 0.854. The third kappa shape index (κ3) is 1.74. The van der Waals surface area contributed by atoms with Crippen LogP contribution in [0.3, 0.4) is 0 Å². The Balaban J connectivity index is 3.15. The molecule has 0 aliphatic rings. The number of carboxylic acid groups (broad SMARTS) is 1. The molecule has 0 bridgehead atoms. The Labute approximate surface area is 70.0 Å². The Morgan fingerprint density at radius 2 is 2.36 bits per heavy atom. The number of hydrogen-bond donors (Lipinski definition) is 1. The molecule has 3 nitrogen and oxygen atoms in total. The molecule has 1 aromatic rings. The van der Waals surface area contributed by atoms with E-state index in [2.05, 4.69) is 20.9 Å². The van der Waals surface area contributed by atoms with Crippen LogP contribution in [0.25, 0.3) is 0 Å². The molecule has 0 amide bonds. The second-order valence-electron chi connectivity index (χ2n) is 1.79. The first-order valence-electron chi connectivity index (χ1n) is 2.65. The van der Waals surface area contributed by atoms with Crippen LogP contribution in [0.4, 0.5) is 4.39 Å². The standard InChI is InChI=1S/C6H3BrFNO2/c7-3-2-9-5(6(10)11)1-4(3)8/h1-2H,(H,10,11). The summed E-state index contributed by atoms with van der Waals surface area (Å²) in [7, 11) is 0. The molecule has 0 aliphatic carbocycles. The van der Waals surface area contributed by atoms with E-state index >= 15 is 0 Å². The van der Waals surface area contributed by atoms with Gasteiger partial charge in [-0.2, -0.15) is 0 Å². The van der Waals surface area contributed by atoms with Gasteiger partial charge in [0.2, 0.25) is 0 Å². The summed E-state index contributed by atoms with van der Waals surface area (Å²) in [4.78, 5) is 13.7. The van der Waals surface area contributed by atoms with Crippen LogP contribution < -0.4 is 0 Å². The molecule has 0 saturated heterocycles. The predicted octanol–water partition coefficient (Wildman–Crippen LogP) is 1.68. The first-order chi connectivity index (χ1) is 5.11. The Hall–Kier alpha value is -0.970. The van der Waals surface area contributed by atoms with E-state index in [9.17, 15) is 9.18 Å². The maximum absolute atomic E-state index is 12.6. The molecule has 0 aromatic carbocycles. The van der Waals surface area contributed by atoms with Crippen molar-refractivity contribution >= 4 is 21.9 Å². The van der Waals surface area contributed by atoms with E-state index in [-0.39, 0.29) is 10.2 Å². The molecule has 1 aromatic heterocycles. The first-order valence-corrected chi connectivity index (χ1v) is 3.45. The van der Waals surface area contributed by atoms with Gasteiger partial charge in [-0.3, -0.25) is 0 Å². The highest BCUT2D eigenvalue weighted by Crippen LogP contribution is 2.13. The van der Waals surface area contributed by atoms with Crippen molar-refractivity contribution in [2.45, 2.75) is 0 Å². The van der Waals surface area contributed by atoms with Crippen LogP contribution in [-0.4, -0.2) is 16.1 Å². The quantitative estimate of drug-likeness (QED) is 0.783. The molecule has 0 radical (unpaired) electrons. The number of carboxylic acids is 1. The van der Waals surface area contributed by atoms with Gasteiger partial charge < -0.3 is 5.11 Å². The smallest absolute Gasteiger partial charge is 0.354 e. The van der Waals surface area contributed by atoms with Crippen LogP contribution in [0.15, 0.2) is 16.7 Å². The van der Waals surface area contributed by atoms with Crippen LogP contribution in [0.1, 0.15) is 10.5 Å². The van der Waals surface area contributed by atoms with Gasteiger partial charge in [0.1, 0.15) is 5.82 Å². The van der Waals surface area contributed by atoms with Crippen molar-refractivity contribution < 1.29 is 14.3 Å². The zero-order valence-corrected chi connectivity index (χ0v) is 6.80. The van der Waals surface area contributed by atoms with E-state index < -0.39 is 11.8 Å². The van der Waals surface area contributed by atoms with Gasteiger partial charge in [0.15, 0.2) is 5.69 Å². The van der Waals surface area contributed by atoms with E-state index in [0.29, 0.717) is 0 Å². The van der Waals surface area contributed by atoms with Gasteiger partial charge in [0.05, 0.1) is 4.47 Å². The van der Waals surface area contributed by atoms with Crippen molar-refractivity contribution in [1.82, 2.24) is 4.98 Å². The van der Waals surface area contributed by atoms with Crippen molar-refractivity contribution in [3.8, 4) is 0 Å². The van der Waals surface area contributed by atoms with Gasteiger partial charge in [0.25, 0.3) is 0 Å². The molecule has 0 atom stereocenters. The summed E-state index contributed by atoms with van der Waals surface area (Å²) in [5.41, 5.74) is -0.300. The summed E-state index contributed by atoms with van der Waals surface area (Å²) >= 11 is 2.85. The maximum atomic E-state index is 12.6. The Kier molecular flexibility index (Phi) is 2.19. The van der Waals surface area contributed by atoms with Gasteiger partial charge in [-0.05, 0) is 15.9 Å². The van der Waals surface area contributed by atoms with Crippen molar-refractivity contribution in [3.05, 3.63) is 28.2 Å². The third-order valence-corrected chi connectivity index (χ3v) is 1.61. The largest absolute Gasteiger partial charge is 0.477 e. The third-order valence-electron chi connectivity index (χ3n) is 1.03. The Bertz CT molecular complexity index is 303. The van der Waals surface area contributed by atoms with Crippen molar-refractivity contribution in [2.75, 3.05) is 0 Å². The molecule has 1 N–H and O–H groups in total. The highest BCUT2D eigenvalue weighted by Gasteiger charge is 2.07. The Morgan fingerprint density at radius 1 is 1.73 bits per heavy atom. The second-order valence-corrected chi connectivity index (χ2v) is 2.64. The van der Waals surface area contributed by atoms with E-state index in [0.717, 1.165) is 12.3 Å². The molecule has 11 heavy (non-hydrogen) atoms. The number of halogens is 2. The van der Waals surface area contributed by atoms with E-state index in [1.54, 1.807) is 0 Å². The van der Waals surface area contributed by atoms with E-state index in [1.165, 1.54) is 0 Å². The van der Waals surface area contributed by atoms with Gasteiger partial charge in [-0.1, -0.05) is 0 Å². The normalized spacial score (nSPS) is 9.64. The molecule has 0 saturated carbocycles. The number of nitrogens with zero attached hydrogens (tertiary/aromatic N) is 1. The molecular weight excluding hydrogens is 217 g/mol. The first kappa shape index (κ1) is 8.13. The SMILES string of the molecule is O=C(O)c1cc(F)c(Br)cn1. The van der Waals surface area contributed by atoms with Gasteiger partial charge in [-0.15, -0.1) is 0 Å². The van der Waals surface area contributed by atoms with Crippen LogP contribution in [0.5, 0.6) is 0 Å². The lowest BCUT2D eigenvalue weighted by atomic mass is 10.3. The molecule has 58 valence electrons. The van der Waals surface area contributed by atoms with Crippen LogP contribution in [0, 0.1) is 5.82 Å². The molecule has 0 spiro atoms. The fraction of sp³-hybridized carbons (Fsp3) is 0. The maximum Gasteiger partial charge on any atom is 0.354 e. The van der Waals surface area contributed by atoms with Crippen molar-refractivity contribution in [2.24, 2.45) is 0 Å². The minimum Gasteiger partial charge on any atom is -0.477 e. The lowest BCUT2D eigenvalue weighted by molar-refractivity contribution is 0.0690. The molecule has 0 unspecified atom stereocenters. The molecule has 0 aliphatic heterocycles. The summed E-state index contributed by atoms with van der Waals surface area (Å²) in [6.07, 6.45) is 1.11.